The molecule has 1 aromatic carbocycles. The number of likely N-dealkylation sites (tertiary alicyclic amines) is 1. The van der Waals surface area contributed by atoms with Gasteiger partial charge in [0.05, 0.1) is 11.8 Å². The maximum Gasteiger partial charge on any atom is 0.408 e. The highest BCUT2D eigenvalue weighted by Crippen LogP contribution is 2.47. The number of benzene rings is 1. The molecule has 5 atom stereocenters. The van der Waals surface area contributed by atoms with E-state index in [1.165, 1.54) is 18.1 Å². The molecule has 1 aromatic heterocycles. The number of ether oxygens (including phenoxy) is 2. The van der Waals surface area contributed by atoms with Gasteiger partial charge >= 0.3 is 6.09 Å². The molecule has 1 saturated heterocycles. The van der Waals surface area contributed by atoms with E-state index < -0.39 is 73.6 Å². The smallest absolute Gasteiger partial charge is 0.408 e. The largest absolute Gasteiger partial charge is 0.446 e. The fraction of sp³-hybridized carbons (Fsp3) is 0.564. The van der Waals surface area contributed by atoms with Crippen molar-refractivity contribution in [2.45, 2.75) is 114 Å². The van der Waals surface area contributed by atoms with Gasteiger partial charge in [-0.2, -0.15) is 0 Å². The van der Waals surface area contributed by atoms with Gasteiger partial charge in [-0.05, 0) is 80.0 Å². The van der Waals surface area contributed by atoms with E-state index in [4.69, 9.17) is 9.47 Å². The van der Waals surface area contributed by atoms with Crippen LogP contribution >= 0.6 is 0 Å². The van der Waals surface area contributed by atoms with E-state index in [0.717, 1.165) is 47.9 Å². The van der Waals surface area contributed by atoms with Crippen LogP contribution in [0.4, 0.5) is 4.79 Å². The number of hydrogen-bond acceptors (Lipinski definition) is 9. The number of carbonyl (C=O) groups is 4. The molecule has 0 radical (unpaired) electrons. The molecule has 2 aromatic rings. The zero-order valence-electron chi connectivity index (χ0n) is 31.1. The summed E-state index contributed by atoms with van der Waals surface area (Å²) in [5.41, 5.74) is 0.166. The first-order valence-corrected chi connectivity index (χ1v) is 19.9. The summed E-state index contributed by atoms with van der Waals surface area (Å²) in [5.74, 6) is -2.52. The predicted octanol–water partition coefficient (Wildman–Crippen LogP) is 4.25. The average molecular weight is 750 g/mol. The minimum atomic E-state index is -3.90. The molecule has 53 heavy (non-hydrogen) atoms. The van der Waals surface area contributed by atoms with Crippen molar-refractivity contribution in [2.24, 2.45) is 11.3 Å². The molecule has 4 amide bonds. The summed E-state index contributed by atoms with van der Waals surface area (Å²) in [5, 5.41) is 5.00. The maximum absolute atomic E-state index is 14.7. The Hall–Kier alpha value is -4.30. The summed E-state index contributed by atoms with van der Waals surface area (Å²) in [6, 6.07) is 7.37. The second-order valence-corrected chi connectivity index (χ2v) is 18.1. The molecule has 3 saturated carbocycles. The van der Waals surface area contributed by atoms with Crippen LogP contribution in [0.2, 0.25) is 0 Å². The third-order valence-corrected chi connectivity index (χ3v) is 13.1. The van der Waals surface area contributed by atoms with Gasteiger partial charge in [0.2, 0.25) is 21.8 Å². The molecular weight excluding hydrogens is 699 g/mol. The highest BCUT2D eigenvalue weighted by atomic mass is 32.2. The summed E-state index contributed by atoms with van der Waals surface area (Å²) in [4.78, 5) is 61.6. The Balaban J connectivity index is 1.32. The fourth-order valence-corrected chi connectivity index (χ4v) is 9.04. The quantitative estimate of drug-likeness (QED) is 0.268. The number of pyridine rings is 1. The summed E-state index contributed by atoms with van der Waals surface area (Å²) in [7, 11) is -2.38. The van der Waals surface area contributed by atoms with Crippen molar-refractivity contribution in [3.05, 3.63) is 66.5 Å². The lowest BCUT2D eigenvalue weighted by molar-refractivity contribution is -0.143. The number of aromatic nitrogens is 1. The molecule has 4 aliphatic rings. The first kappa shape index (κ1) is 38.4. The van der Waals surface area contributed by atoms with Crippen molar-refractivity contribution in [1.82, 2.24) is 25.2 Å². The van der Waals surface area contributed by atoms with Crippen molar-refractivity contribution in [1.29, 1.82) is 0 Å². The number of amides is 4. The van der Waals surface area contributed by atoms with Gasteiger partial charge < -0.3 is 25.0 Å². The Morgan fingerprint density at radius 2 is 1.72 bits per heavy atom. The standard InChI is InChI=1S/C39H51N5O8S/c1-7-26-20-39(26,35(47)43-53(49,50)29-16-17-29)42-33(45)31-21-38(51-6,27-14-12-25(13-15-27)30-22-40-19-18-24(30)2)23-44(31)34(46)32(37(3,4)5)41-36(48)52-28-10-8-9-11-28/h7,12-15,18-19,22,26,28-29,31-32H,1,8-11,16-17,20-21,23H2,2-6H3,(H,41,48)(H,42,45)(H,43,47)/t26-,31+,32-,38+,39-/m1/s1. The van der Waals surface area contributed by atoms with Gasteiger partial charge in [-0.15, -0.1) is 6.58 Å². The van der Waals surface area contributed by atoms with E-state index in [2.05, 4.69) is 26.9 Å². The highest BCUT2D eigenvalue weighted by molar-refractivity contribution is 7.91. The normalized spacial score (nSPS) is 26.4. The average Bonchev–Trinajstić information content (AvgIpc) is 4.00. The lowest BCUT2D eigenvalue weighted by Crippen LogP contribution is -2.60. The van der Waals surface area contributed by atoms with Gasteiger partial charge in [0.15, 0.2) is 0 Å². The number of rotatable bonds is 12. The van der Waals surface area contributed by atoms with E-state index in [1.807, 2.05) is 58.0 Å². The molecule has 0 unspecified atom stereocenters. The van der Waals surface area contributed by atoms with Crippen molar-refractivity contribution < 1.29 is 37.1 Å². The zero-order chi connectivity index (χ0) is 38.3. The number of aryl methyl sites for hydroxylation is 1. The van der Waals surface area contributed by atoms with Crippen LogP contribution < -0.4 is 15.4 Å². The minimum absolute atomic E-state index is 0.0204. The van der Waals surface area contributed by atoms with Gasteiger partial charge in [-0.1, -0.05) is 51.1 Å². The first-order valence-electron chi connectivity index (χ1n) is 18.4. The van der Waals surface area contributed by atoms with E-state index >= 15 is 0 Å². The van der Waals surface area contributed by atoms with Crippen molar-refractivity contribution in [3.8, 4) is 11.1 Å². The van der Waals surface area contributed by atoms with E-state index in [0.29, 0.717) is 12.8 Å². The van der Waals surface area contributed by atoms with E-state index in [9.17, 15) is 27.6 Å². The second-order valence-electron chi connectivity index (χ2n) is 16.1. The summed E-state index contributed by atoms with van der Waals surface area (Å²) < 4.78 is 39.6. The number of nitrogens with zero attached hydrogens (tertiary/aromatic N) is 2. The molecule has 1 aliphatic heterocycles. The molecule has 286 valence electrons. The summed E-state index contributed by atoms with van der Waals surface area (Å²) in [6.45, 7) is 11.2. The number of carbonyl (C=O) groups excluding carboxylic acids is 4. The van der Waals surface area contributed by atoms with Crippen molar-refractivity contribution >= 4 is 33.8 Å². The molecule has 0 bridgehead atoms. The minimum Gasteiger partial charge on any atom is -0.446 e. The molecule has 0 spiro atoms. The first-order chi connectivity index (χ1) is 25.0. The van der Waals surface area contributed by atoms with Crippen LogP contribution in [-0.4, -0.2) is 84.7 Å². The molecule has 2 heterocycles. The third kappa shape index (κ3) is 7.84. The summed E-state index contributed by atoms with van der Waals surface area (Å²) >= 11 is 0. The van der Waals surface area contributed by atoms with Crippen LogP contribution in [0.5, 0.6) is 0 Å². The van der Waals surface area contributed by atoms with Crippen LogP contribution in [0.1, 0.15) is 83.3 Å². The van der Waals surface area contributed by atoms with Gasteiger partial charge in [-0.3, -0.25) is 24.1 Å². The molecular formula is C39H51N5O8S. The number of nitrogens with one attached hydrogen (secondary N) is 3. The monoisotopic (exact) mass is 749 g/mol. The zero-order valence-corrected chi connectivity index (χ0v) is 32.0. The van der Waals surface area contributed by atoms with Crippen LogP contribution in [0.25, 0.3) is 11.1 Å². The predicted molar refractivity (Wildman–Crippen MR) is 198 cm³/mol. The molecule has 14 heteroatoms. The van der Waals surface area contributed by atoms with Gasteiger partial charge in [0.25, 0.3) is 5.91 Å². The second kappa shape index (κ2) is 14.5. The Bertz CT molecular complexity index is 1870. The molecule has 6 rings (SSSR count). The SMILES string of the molecule is C=C[C@@H]1C[C@]1(NC(=O)[C@@H]1C[C@@](OC)(c2ccc(-c3cnccc3C)cc2)CN1C(=O)[C@@H](NC(=O)OC1CCCC1)C(C)(C)C)C(=O)NS(=O)(=O)C1CC1. The number of methoxy groups -OCH3 is 1. The lowest BCUT2D eigenvalue weighted by atomic mass is 9.85. The molecule has 3 N–H and O–H groups in total. The molecule has 13 nitrogen and oxygen atoms in total. The number of alkyl carbamates (subject to hydrolysis) is 1. The number of hydrogen-bond donors (Lipinski definition) is 3. The van der Waals surface area contributed by atoms with Crippen LogP contribution in [0.3, 0.4) is 0 Å². The van der Waals surface area contributed by atoms with Gasteiger partial charge in [-0.25, -0.2) is 13.2 Å². The van der Waals surface area contributed by atoms with Gasteiger partial charge in [0, 0.05) is 37.4 Å². The molecule has 3 aliphatic carbocycles. The number of sulfonamides is 1. The Labute approximate surface area is 311 Å². The van der Waals surface area contributed by atoms with Crippen LogP contribution in [0.15, 0.2) is 55.4 Å². The van der Waals surface area contributed by atoms with Gasteiger partial charge in [0.1, 0.15) is 29.3 Å². The van der Waals surface area contributed by atoms with E-state index in [1.54, 1.807) is 12.4 Å². The van der Waals surface area contributed by atoms with Crippen LogP contribution in [0, 0.1) is 18.3 Å². The topological polar surface area (TPSA) is 173 Å². The van der Waals surface area contributed by atoms with Crippen molar-refractivity contribution in [3.63, 3.8) is 0 Å². The van der Waals surface area contributed by atoms with Crippen molar-refractivity contribution in [2.75, 3.05) is 13.7 Å². The third-order valence-electron chi connectivity index (χ3n) is 11.3. The molecule has 4 fully saturated rings. The van der Waals surface area contributed by atoms with Crippen LogP contribution in [-0.2, 0) is 39.5 Å². The fourth-order valence-electron chi connectivity index (χ4n) is 7.68. The Morgan fingerprint density at radius 3 is 2.28 bits per heavy atom. The Kier molecular flexibility index (Phi) is 10.5. The lowest BCUT2D eigenvalue weighted by Gasteiger charge is -2.36. The maximum atomic E-state index is 14.7. The summed E-state index contributed by atoms with van der Waals surface area (Å²) in [6.07, 6.45) is 8.65. The Morgan fingerprint density at radius 1 is 1.04 bits per heavy atom. The highest BCUT2D eigenvalue weighted by Gasteiger charge is 2.62. The van der Waals surface area contributed by atoms with E-state index in [-0.39, 0.29) is 25.5 Å².